The molecule has 0 spiro atoms. The van der Waals surface area contributed by atoms with Gasteiger partial charge in [-0.3, -0.25) is 19.3 Å². The summed E-state index contributed by atoms with van der Waals surface area (Å²) < 4.78 is 1.93. The molecule has 0 aliphatic carbocycles. The fourth-order valence-electron chi connectivity index (χ4n) is 4.31. The first-order chi connectivity index (χ1) is 17.6. The predicted molar refractivity (Wildman–Crippen MR) is 146 cm³/mol. The van der Waals surface area contributed by atoms with Gasteiger partial charge < -0.3 is 10.4 Å². The summed E-state index contributed by atoms with van der Waals surface area (Å²) >= 11 is 12.8. The molecule has 0 fully saturated rings. The lowest BCUT2D eigenvalue weighted by Gasteiger charge is -2.20. The third-order valence-electron chi connectivity index (χ3n) is 6.13. The third-order valence-corrected chi connectivity index (χ3v) is 6.68. The maximum atomic E-state index is 12.3. The van der Waals surface area contributed by atoms with E-state index < -0.39 is 11.9 Å². The van der Waals surface area contributed by atoms with Crippen molar-refractivity contribution in [3.63, 3.8) is 0 Å². The number of aliphatic carboxylic acids is 1. The van der Waals surface area contributed by atoms with Crippen LogP contribution in [-0.4, -0.2) is 38.3 Å². The molecular formula is C28H28Cl2N4O3. The Bertz CT molecular complexity index is 1450. The summed E-state index contributed by atoms with van der Waals surface area (Å²) in [5, 5.41) is 18.4. The van der Waals surface area contributed by atoms with Crippen molar-refractivity contribution in [2.75, 3.05) is 6.54 Å². The molecular weight excluding hydrogens is 511 g/mol. The summed E-state index contributed by atoms with van der Waals surface area (Å²) in [6.07, 6.45) is 4.37. The quantitative estimate of drug-likeness (QED) is 0.251. The Balaban J connectivity index is 1.65. The molecule has 1 unspecified atom stereocenters. The van der Waals surface area contributed by atoms with Crippen molar-refractivity contribution in [1.29, 1.82) is 0 Å². The average molecular weight is 539 g/mol. The maximum Gasteiger partial charge on any atom is 0.305 e. The molecule has 0 bridgehead atoms. The minimum absolute atomic E-state index is 0.0491. The zero-order chi connectivity index (χ0) is 26.7. The SMILES string of the molecule is Cc1cc(Cl)ccc1-c1cc2cn(C(CC(C)C)c3ccc(C(=O)NCCC(=O)O)nc3)nc2cc1Cl. The number of aromatic nitrogens is 3. The van der Waals surface area contributed by atoms with Gasteiger partial charge in [0.1, 0.15) is 5.69 Å². The van der Waals surface area contributed by atoms with E-state index in [9.17, 15) is 9.59 Å². The summed E-state index contributed by atoms with van der Waals surface area (Å²) in [5.41, 5.74) is 4.92. The molecule has 2 heterocycles. The van der Waals surface area contributed by atoms with Gasteiger partial charge in [0, 0.05) is 34.9 Å². The molecule has 0 saturated carbocycles. The lowest BCUT2D eigenvalue weighted by molar-refractivity contribution is -0.136. The highest BCUT2D eigenvalue weighted by Crippen LogP contribution is 2.36. The van der Waals surface area contributed by atoms with Crippen molar-refractivity contribution in [2.24, 2.45) is 5.92 Å². The minimum atomic E-state index is -0.969. The van der Waals surface area contributed by atoms with Gasteiger partial charge in [0.05, 0.1) is 23.0 Å². The lowest BCUT2D eigenvalue weighted by atomic mass is 9.98. The van der Waals surface area contributed by atoms with Crippen LogP contribution in [0.15, 0.2) is 54.9 Å². The molecule has 37 heavy (non-hydrogen) atoms. The van der Waals surface area contributed by atoms with E-state index >= 15 is 0 Å². The Morgan fingerprint density at radius 3 is 2.51 bits per heavy atom. The van der Waals surface area contributed by atoms with Crippen molar-refractivity contribution in [3.8, 4) is 11.1 Å². The van der Waals surface area contributed by atoms with Crippen LogP contribution in [0, 0.1) is 12.8 Å². The van der Waals surface area contributed by atoms with Crippen LogP contribution in [0.2, 0.25) is 10.0 Å². The predicted octanol–water partition coefficient (Wildman–Crippen LogP) is 6.55. The molecule has 1 atom stereocenters. The number of fused-ring (bicyclic) bond motifs is 1. The van der Waals surface area contributed by atoms with Gasteiger partial charge in [0.25, 0.3) is 5.91 Å². The first-order valence-electron chi connectivity index (χ1n) is 12.0. The number of hydrogen-bond donors (Lipinski definition) is 2. The van der Waals surface area contributed by atoms with Gasteiger partial charge in [0.2, 0.25) is 0 Å². The number of amides is 1. The fourth-order valence-corrected chi connectivity index (χ4v) is 4.80. The van der Waals surface area contributed by atoms with E-state index in [0.29, 0.717) is 16.0 Å². The van der Waals surface area contributed by atoms with E-state index in [1.165, 1.54) is 0 Å². The van der Waals surface area contributed by atoms with Crippen LogP contribution in [0.1, 0.15) is 54.3 Å². The molecule has 9 heteroatoms. The van der Waals surface area contributed by atoms with Crippen LogP contribution in [0.3, 0.4) is 0 Å². The summed E-state index contributed by atoms with van der Waals surface area (Å²) in [6, 6.07) is 13.1. The highest BCUT2D eigenvalue weighted by molar-refractivity contribution is 6.34. The zero-order valence-electron chi connectivity index (χ0n) is 20.8. The van der Waals surface area contributed by atoms with Crippen molar-refractivity contribution in [1.82, 2.24) is 20.1 Å². The standard InChI is InChI=1S/C28H28Cl2N4O3/c1-16(2)10-26(18-4-7-24(32-14-18)28(37)31-9-8-27(35)36)34-15-19-12-22(23(30)13-25(19)33-34)21-6-5-20(29)11-17(21)3/h4-7,11-16,26H,8-10H2,1-3H3,(H,31,37)(H,35,36). The van der Waals surface area contributed by atoms with E-state index in [4.69, 9.17) is 33.4 Å². The number of nitrogens with one attached hydrogen (secondary N) is 1. The van der Waals surface area contributed by atoms with Crippen molar-refractivity contribution in [3.05, 3.63) is 81.7 Å². The van der Waals surface area contributed by atoms with Crippen LogP contribution >= 0.6 is 23.2 Å². The molecule has 1 amide bonds. The molecule has 0 aliphatic heterocycles. The number of nitrogens with zero attached hydrogens (tertiary/aromatic N) is 3. The van der Waals surface area contributed by atoms with Crippen LogP contribution in [-0.2, 0) is 4.79 Å². The topological polar surface area (TPSA) is 97.1 Å². The number of carboxylic acids is 1. The number of carbonyl (C=O) groups is 2. The van der Waals surface area contributed by atoms with Crippen LogP contribution in [0.4, 0.5) is 0 Å². The molecule has 2 aromatic heterocycles. The lowest BCUT2D eigenvalue weighted by Crippen LogP contribution is -2.27. The Hall–Kier alpha value is -3.42. The van der Waals surface area contributed by atoms with Crippen LogP contribution in [0.5, 0.6) is 0 Å². The van der Waals surface area contributed by atoms with E-state index in [2.05, 4.69) is 24.1 Å². The van der Waals surface area contributed by atoms with E-state index in [-0.39, 0.29) is 24.7 Å². The second kappa shape index (κ2) is 11.3. The number of halogens is 2. The molecule has 4 rings (SSSR count). The minimum Gasteiger partial charge on any atom is -0.481 e. The Kier molecular flexibility index (Phi) is 8.15. The molecule has 0 radical (unpaired) electrons. The normalized spacial score (nSPS) is 12.2. The third kappa shape index (κ3) is 6.29. The van der Waals surface area contributed by atoms with Crippen molar-refractivity contribution < 1.29 is 14.7 Å². The average Bonchev–Trinajstić information content (AvgIpc) is 3.24. The highest BCUT2D eigenvalue weighted by atomic mass is 35.5. The molecule has 192 valence electrons. The second-order valence-corrected chi connectivity index (χ2v) is 10.3. The van der Waals surface area contributed by atoms with Crippen LogP contribution in [0.25, 0.3) is 22.0 Å². The van der Waals surface area contributed by atoms with E-state index in [0.717, 1.165) is 39.6 Å². The number of carbonyl (C=O) groups excluding carboxylic acids is 1. The van der Waals surface area contributed by atoms with Gasteiger partial charge in [-0.15, -0.1) is 0 Å². The fraction of sp³-hybridized carbons (Fsp3) is 0.286. The monoisotopic (exact) mass is 538 g/mol. The van der Waals surface area contributed by atoms with Gasteiger partial charge >= 0.3 is 5.97 Å². The van der Waals surface area contributed by atoms with Gasteiger partial charge in [-0.25, -0.2) is 0 Å². The zero-order valence-corrected chi connectivity index (χ0v) is 22.3. The van der Waals surface area contributed by atoms with Crippen molar-refractivity contribution >= 4 is 46.0 Å². The molecule has 7 nitrogen and oxygen atoms in total. The Labute approximate surface area is 225 Å². The van der Waals surface area contributed by atoms with Gasteiger partial charge in [-0.1, -0.05) is 49.2 Å². The van der Waals surface area contributed by atoms with E-state index in [1.807, 2.05) is 54.2 Å². The molecule has 4 aromatic rings. The summed E-state index contributed by atoms with van der Waals surface area (Å²) in [6.45, 7) is 6.35. The number of rotatable bonds is 9. The smallest absolute Gasteiger partial charge is 0.305 e. The van der Waals surface area contributed by atoms with E-state index in [1.54, 1.807) is 12.3 Å². The Morgan fingerprint density at radius 1 is 1.08 bits per heavy atom. The van der Waals surface area contributed by atoms with Gasteiger partial charge in [0.15, 0.2) is 0 Å². The van der Waals surface area contributed by atoms with Gasteiger partial charge in [-0.2, -0.15) is 5.10 Å². The first kappa shape index (κ1) is 26.6. The molecule has 2 aromatic carbocycles. The van der Waals surface area contributed by atoms with Crippen LogP contribution < -0.4 is 5.32 Å². The Morgan fingerprint density at radius 2 is 1.86 bits per heavy atom. The number of benzene rings is 2. The molecule has 0 aliphatic rings. The number of aryl methyl sites for hydroxylation is 1. The largest absolute Gasteiger partial charge is 0.481 e. The first-order valence-corrected chi connectivity index (χ1v) is 12.8. The molecule has 0 saturated heterocycles. The summed E-state index contributed by atoms with van der Waals surface area (Å²) in [4.78, 5) is 27.3. The number of pyridine rings is 1. The number of hydrogen-bond acceptors (Lipinski definition) is 4. The second-order valence-electron chi connectivity index (χ2n) is 9.48. The highest BCUT2D eigenvalue weighted by Gasteiger charge is 2.20. The molecule has 2 N–H and O–H groups in total. The number of carboxylic acid groups (broad SMARTS) is 1. The summed E-state index contributed by atoms with van der Waals surface area (Å²) in [7, 11) is 0. The van der Waals surface area contributed by atoms with Gasteiger partial charge in [-0.05, 0) is 66.3 Å². The summed E-state index contributed by atoms with van der Waals surface area (Å²) in [5.74, 6) is -0.992. The maximum absolute atomic E-state index is 12.3. The van der Waals surface area contributed by atoms with Crippen molar-refractivity contribution in [2.45, 2.75) is 39.7 Å².